The molecular formula is C9H18N6O3S. The van der Waals surface area contributed by atoms with Gasteiger partial charge < -0.3 is 20.5 Å². The lowest BCUT2D eigenvalue weighted by Crippen LogP contribution is -2.39. The Balaban J connectivity index is 2.56. The van der Waals surface area contributed by atoms with Crippen molar-refractivity contribution in [3.63, 3.8) is 0 Å². The van der Waals surface area contributed by atoms with E-state index >= 15 is 0 Å². The highest BCUT2D eigenvalue weighted by Gasteiger charge is 2.21. The first kappa shape index (κ1) is 15.2. The van der Waals surface area contributed by atoms with Crippen LogP contribution in [0.4, 0.5) is 10.6 Å². The lowest BCUT2D eigenvalue weighted by Gasteiger charge is -2.12. The number of anilines is 1. The minimum atomic E-state index is -3.74. The molecule has 19 heavy (non-hydrogen) atoms. The fourth-order valence-electron chi connectivity index (χ4n) is 1.35. The molecule has 0 aliphatic rings. The number of aryl methyl sites for hydroxylation is 1. The van der Waals surface area contributed by atoms with E-state index in [1.807, 2.05) is 0 Å². The van der Waals surface area contributed by atoms with Crippen LogP contribution in [-0.2, 0) is 17.1 Å². The molecule has 2 amide bonds. The zero-order valence-corrected chi connectivity index (χ0v) is 11.9. The summed E-state index contributed by atoms with van der Waals surface area (Å²) in [4.78, 5) is 16.3. The first-order chi connectivity index (χ1) is 8.75. The van der Waals surface area contributed by atoms with Gasteiger partial charge in [0.05, 0.1) is 6.33 Å². The number of rotatable bonds is 5. The average molecular weight is 290 g/mol. The quantitative estimate of drug-likeness (QED) is 0.573. The number of nitrogens with two attached hydrogens (primary N) is 1. The van der Waals surface area contributed by atoms with Gasteiger partial charge >= 0.3 is 6.03 Å². The summed E-state index contributed by atoms with van der Waals surface area (Å²) in [6, 6.07) is -0.292. The maximum atomic E-state index is 11.9. The van der Waals surface area contributed by atoms with Gasteiger partial charge in [0, 0.05) is 34.2 Å². The third-order valence-electron chi connectivity index (χ3n) is 2.26. The van der Waals surface area contributed by atoms with E-state index in [9.17, 15) is 13.2 Å². The Bertz CT molecular complexity index is 531. The number of imidazole rings is 1. The summed E-state index contributed by atoms with van der Waals surface area (Å²) < 4.78 is 27.5. The van der Waals surface area contributed by atoms with Gasteiger partial charge in [-0.05, 0) is 0 Å². The average Bonchev–Trinajstić information content (AvgIpc) is 2.64. The molecule has 1 rings (SSSR count). The molecule has 0 radical (unpaired) electrons. The predicted molar refractivity (Wildman–Crippen MR) is 69.9 cm³/mol. The van der Waals surface area contributed by atoms with Gasteiger partial charge in [-0.3, -0.25) is 0 Å². The second-order valence-corrected chi connectivity index (χ2v) is 5.75. The number of urea groups is 1. The van der Waals surface area contributed by atoms with Gasteiger partial charge in [0.1, 0.15) is 0 Å². The molecule has 0 aliphatic heterocycles. The van der Waals surface area contributed by atoms with Crippen LogP contribution >= 0.6 is 0 Å². The number of nitrogens with one attached hydrogen (secondary N) is 2. The van der Waals surface area contributed by atoms with Crippen molar-refractivity contribution < 1.29 is 13.2 Å². The first-order valence-corrected chi connectivity index (χ1v) is 6.95. The third-order valence-corrected chi connectivity index (χ3v) is 3.85. The summed E-state index contributed by atoms with van der Waals surface area (Å²) in [5.41, 5.74) is 5.49. The molecule has 9 nitrogen and oxygen atoms in total. The highest BCUT2D eigenvalue weighted by atomic mass is 32.2. The lowest BCUT2D eigenvalue weighted by atomic mass is 10.6. The van der Waals surface area contributed by atoms with Crippen molar-refractivity contribution in [3.8, 4) is 0 Å². The van der Waals surface area contributed by atoms with E-state index in [0.29, 0.717) is 0 Å². The van der Waals surface area contributed by atoms with E-state index < -0.39 is 10.0 Å². The van der Waals surface area contributed by atoms with E-state index in [4.69, 9.17) is 5.73 Å². The van der Waals surface area contributed by atoms with Gasteiger partial charge in [-0.25, -0.2) is 22.9 Å². The minimum Gasteiger partial charge on any atom is -0.381 e. The zero-order valence-electron chi connectivity index (χ0n) is 11.0. The minimum absolute atomic E-state index is 0.0620. The first-order valence-electron chi connectivity index (χ1n) is 5.47. The Morgan fingerprint density at radius 2 is 2.11 bits per heavy atom. The number of carbonyl (C=O) groups excluding carboxylic acids is 1. The fourth-order valence-corrected chi connectivity index (χ4v) is 2.61. The monoisotopic (exact) mass is 290 g/mol. The summed E-state index contributed by atoms with van der Waals surface area (Å²) >= 11 is 0. The van der Waals surface area contributed by atoms with E-state index in [1.54, 1.807) is 14.1 Å². The van der Waals surface area contributed by atoms with Crippen molar-refractivity contribution in [2.24, 2.45) is 7.05 Å². The van der Waals surface area contributed by atoms with E-state index in [1.165, 1.54) is 22.8 Å². The standard InChI is InChI=1S/C9H18N6O3S/c1-14(2)9(16)11-4-5-13-19(17,18)8-7(10)12-6-15(8)3/h6,13H,4-5,10H2,1-3H3,(H,11,16). The Morgan fingerprint density at radius 1 is 1.47 bits per heavy atom. The highest BCUT2D eigenvalue weighted by molar-refractivity contribution is 7.89. The van der Waals surface area contributed by atoms with E-state index in [2.05, 4.69) is 15.0 Å². The maximum Gasteiger partial charge on any atom is 0.316 e. The van der Waals surface area contributed by atoms with Crippen LogP contribution in [-0.4, -0.2) is 56.1 Å². The van der Waals surface area contributed by atoms with Crippen molar-refractivity contribution >= 4 is 21.9 Å². The molecular weight excluding hydrogens is 272 g/mol. The van der Waals surface area contributed by atoms with Crippen LogP contribution in [0.3, 0.4) is 0 Å². The summed E-state index contributed by atoms with van der Waals surface area (Å²) in [5, 5.41) is 2.44. The van der Waals surface area contributed by atoms with Crippen LogP contribution in [0.25, 0.3) is 0 Å². The number of aromatic nitrogens is 2. The van der Waals surface area contributed by atoms with Gasteiger partial charge in [-0.2, -0.15) is 0 Å². The molecule has 10 heteroatoms. The van der Waals surface area contributed by atoms with Crippen LogP contribution in [0.1, 0.15) is 0 Å². The SMILES string of the molecule is CN(C)C(=O)NCCNS(=O)(=O)c1c(N)ncn1C. The molecule has 4 N–H and O–H groups in total. The zero-order chi connectivity index (χ0) is 14.6. The molecule has 108 valence electrons. The molecule has 1 heterocycles. The van der Waals surface area contributed by atoms with Gasteiger partial charge in [-0.15, -0.1) is 0 Å². The second-order valence-electron chi connectivity index (χ2n) is 4.07. The molecule has 0 saturated carbocycles. The van der Waals surface area contributed by atoms with E-state index in [-0.39, 0.29) is 30.0 Å². The fraction of sp³-hybridized carbons (Fsp3) is 0.556. The van der Waals surface area contributed by atoms with Crippen LogP contribution in [0.2, 0.25) is 0 Å². The molecule has 1 aromatic rings. The van der Waals surface area contributed by atoms with Crippen molar-refractivity contribution in [1.29, 1.82) is 0 Å². The van der Waals surface area contributed by atoms with Crippen LogP contribution in [0, 0.1) is 0 Å². The Labute approximate surface area is 111 Å². The molecule has 0 atom stereocenters. The van der Waals surface area contributed by atoms with Crippen LogP contribution in [0.15, 0.2) is 11.4 Å². The van der Waals surface area contributed by atoms with Gasteiger partial charge in [-0.1, -0.05) is 0 Å². The smallest absolute Gasteiger partial charge is 0.316 e. The number of nitrogen functional groups attached to an aromatic ring is 1. The summed E-state index contributed by atoms with van der Waals surface area (Å²) in [6.45, 7) is 0.237. The number of hydrogen-bond donors (Lipinski definition) is 3. The van der Waals surface area contributed by atoms with Crippen molar-refractivity contribution in [3.05, 3.63) is 6.33 Å². The number of carbonyl (C=O) groups is 1. The summed E-state index contributed by atoms with van der Waals surface area (Å²) in [5.74, 6) is -0.0627. The Kier molecular flexibility index (Phi) is 4.72. The molecule has 0 saturated heterocycles. The highest BCUT2D eigenvalue weighted by Crippen LogP contribution is 2.14. The summed E-state index contributed by atoms with van der Waals surface area (Å²) in [6.07, 6.45) is 1.32. The lowest BCUT2D eigenvalue weighted by molar-refractivity contribution is 0.217. The van der Waals surface area contributed by atoms with Crippen molar-refractivity contribution in [1.82, 2.24) is 24.5 Å². The number of hydrogen-bond acceptors (Lipinski definition) is 5. The molecule has 0 fully saturated rings. The number of nitrogens with zero attached hydrogens (tertiary/aromatic N) is 3. The third kappa shape index (κ3) is 3.83. The second kappa shape index (κ2) is 5.89. The van der Waals surface area contributed by atoms with Gasteiger partial charge in [0.15, 0.2) is 10.8 Å². The predicted octanol–water partition coefficient (Wildman–Crippen LogP) is -1.45. The molecule has 0 bridgehead atoms. The van der Waals surface area contributed by atoms with Crippen LogP contribution < -0.4 is 15.8 Å². The Morgan fingerprint density at radius 3 is 2.58 bits per heavy atom. The summed E-state index contributed by atoms with van der Waals surface area (Å²) in [7, 11) is 0.984. The normalized spacial score (nSPS) is 11.3. The molecule has 0 aromatic carbocycles. The molecule has 0 spiro atoms. The maximum absolute atomic E-state index is 11.9. The molecule has 1 aromatic heterocycles. The van der Waals surface area contributed by atoms with Gasteiger partial charge in [0.2, 0.25) is 0 Å². The molecule has 0 aliphatic carbocycles. The number of amides is 2. The van der Waals surface area contributed by atoms with Crippen molar-refractivity contribution in [2.75, 3.05) is 32.9 Å². The van der Waals surface area contributed by atoms with Crippen molar-refractivity contribution in [2.45, 2.75) is 5.03 Å². The largest absolute Gasteiger partial charge is 0.381 e. The van der Waals surface area contributed by atoms with E-state index in [0.717, 1.165) is 0 Å². The van der Waals surface area contributed by atoms with Crippen LogP contribution in [0.5, 0.6) is 0 Å². The molecule has 0 unspecified atom stereocenters. The van der Waals surface area contributed by atoms with Gasteiger partial charge in [0.25, 0.3) is 10.0 Å². The topological polar surface area (TPSA) is 122 Å². The number of sulfonamides is 1. The Hall–Kier alpha value is -1.81.